The highest BCUT2D eigenvalue weighted by atomic mass is 16.5. The lowest BCUT2D eigenvalue weighted by atomic mass is 10.2. The smallest absolute Gasteiger partial charge is 0.323 e. The third-order valence-electron chi connectivity index (χ3n) is 2.81. The Morgan fingerprint density at radius 3 is 2.55 bits per heavy atom. The number of hydrogen-bond donors (Lipinski definition) is 3. The normalized spacial score (nSPS) is 9.91. The molecule has 0 fully saturated rings. The summed E-state index contributed by atoms with van der Waals surface area (Å²) in [6.07, 6.45) is 0. The predicted molar refractivity (Wildman–Crippen MR) is 86.0 cm³/mol. The first-order valence-corrected chi connectivity index (χ1v) is 6.66. The Labute approximate surface area is 128 Å². The maximum Gasteiger partial charge on any atom is 0.323 e. The van der Waals surface area contributed by atoms with Crippen molar-refractivity contribution in [2.45, 2.75) is 13.8 Å². The molecule has 2 rings (SSSR count). The minimum absolute atomic E-state index is 0.361. The van der Waals surface area contributed by atoms with Crippen molar-refractivity contribution in [1.82, 2.24) is 0 Å². The predicted octanol–water partition coefficient (Wildman–Crippen LogP) is 3.15. The number of rotatable bonds is 3. The SMILES string of the molecule is CC(=O)Oc1cccc(NC(=O)Nc2ccc(C)cc2N)c1. The van der Waals surface area contributed by atoms with Gasteiger partial charge >= 0.3 is 12.0 Å². The van der Waals surface area contributed by atoms with Crippen molar-refractivity contribution in [3.05, 3.63) is 48.0 Å². The van der Waals surface area contributed by atoms with Crippen LogP contribution in [-0.4, -0.2) is 12.0 Å². The summed E-state index contributed by atoms with van der Waals surface area (Å²) in [5.74, 6) is -0.0609. The number of carbonyl (C=O) groups excluding carboxylic acids is 2. The molecule has 0 aliphatic rings. The van der Waals surface area contributed by atoms with Crippen LogP contribution in [0, 0.1) is 6.92 Å². The summed E-state index contributed by atoms with van der Waals surface area (Å²) in [5.41, 5.74) is 8.37. The van der Waals surface area contributed by atoms with Gasteiger partial charge in [-0.3, -0.25) is 4.79 Å². The van der Waals surface area contributed by atoms with E-state index in [2.05, 4.69) is 10.6 Å². The molecule has 0 heterocycles. The molecular weight excluding hydrogens is 282 g/mol. The summed E-state index contributed by atoms with van der Waals surface area (Å²) >= 11 is 0. The largest absolute Gasteiger partial charge is 0.427 e. The molecule has 0 aliphatic carbocycles. The number of carbonyl (C=O) groups is 2. The fourth-order valence-electron chi connectivity index (χ4n) is 1.88. The van der Waals surface area contributed by atoms with Crippen molar-refractivity contribution in [2.75, 3.05) is 16.4 Å². The molecule has 0 radical (unpaired) electrons. The summed E-state index contributed by atoms with van der Waals surface area (Å²) in [4.78, 5) is 22.9. The van der Waals surface area contributed by atoms with E-state index >= 15 is 0 Å². The van der Waals surface area contributed by atoms with Crippen LogP contribution in [0.2, 0.25) is 0 Å². The van der Waals surface area contributed by atoms with E-state index in [0.717, 1.165) is 5.56 Å². The topological polar surface area (TPSA) is 93.4 Å². The van der Waals surface area contributed by atoms with Crippen LogP contribution in [0.3, 0.4) is 0 Å². The highest BCUT2D eigenvalue weighted by molar-refractivity contribution is 6.01. The number of esters is 1. The van der Waals surface area contributed by atoms with Gasteiger partial charge in [0.15, 0.2) is 0 Å². The molecule has 0 aliphatic heterocycles. The highest BCUT2D eigenvalue weighted by Crippen LogP contribution is 2.21. The number of anilines is 3. The summed E-state index contributed by atoms with van der Waals surface area (Å²) in [5, 5.41) is 5.31. The van der Waals surface area contributed by atoms with Crippen LogP contribution in [0.25, 0.3) is 0 Å². The molecule has 114 valence electrons. The molecule has 0 unspecified atom stereocenters. The van der Waals surface area contributed by atoms with Crippen molar-refractivity contribution in [3.8, 4) is 5.75 Å². The van der Waals surface area contributed by atoms with Gasteiger partial charge in [0.1, 0.15) is 5.75 Å². The summed E-state index contributed by atoms with van der Waals surface area (Å²) in [7, 11) is 0. The van der Waals surface area contributed by atoms with Crippen molar-refractivity contribution < 1.29 is 14.3 Å². The molecule has 2 amide bonds. The minimum Gasteiger partial charge on any atom is -0.427 e. The van der Waals surface area contributed by atoms with E-state index in [1.165, 1.54) is 6.92 Å². The molecule has 2 aromatic rings. The zero-order chi connectivity index (χ0) is 16.1. The number of benzene rings is 2. The zero-order valence-corrected chi connectivity index (χ0v) is 12.3. The fraction of sp³-hybridized carbons (Fsp3) is 0.125. The van der Waals surface area contributed by atoms with E-state index in [1.54, 1.807) is 36.4 Å². The fourth-order valence-corrected chi connectivity index (χ4v) is 1.88. The van der Waals surface area contributed by atoms with Gasteiger partial charge in [-0.15, -0.1) is 0 Å². The monoisotopic (exact) mass is 299 g/mol. The molecule has 0 atom stereocenters. The van der Waals surface area contributed by atoms with Gasteiger partial charge in [0, 0.05) is 18.7 Å². The molecule has 6 heteroatoms. The van der Waals surface area contributed by atoms with E-state index in [9.17, 15) is 9.59 Å². The van der Waals surface area contributed by atoms with Gasteiger partial charge in [0.05, 0.1) is 11.4 Å². The average molecular weight is 299 g/mol. The first-order chi connectivity index (χ1) is 10.4. The lowest BCUT2D eigenvalue weighted by Crippen LogP contribution is -2.20. The van der Waals surface area contributed by atoms with E-state index < -0.39 is 12.0 Å². The third kappa shape index (κ3) is 4.24. The molecule has 4 N–H and O–H groups in total. The highest BCUT2D eigenvalue weighted by Gasteiger charge is 2.07. The molecule has 22 heavy (non-hydrogen) atoms. The van der Waals surface area contributed by atoms with Crippen molar-refractivity contribution in [1.29, 1.82) is 0 Å². The Balaban J connectivity index is 2.04. The van der Waals surface area contributed by atoms with Crippen LogP contribution in [0.15, 0.2) is 42.5 Å². The van der Waals surface area contributed by atoms with Crippen molar-refractivity contribution in [2.24, 2.45) is 0 Å². The number of nitrogen functional groups attached to an aromatic ring is 1. The maximum atomic E-state index is 12.0. The van der Waals surface area contributed by atoms with Crippen LogP contribution in [-0.2, 0) is 4.79 Å². The molecule has 0 saturated heterocycles. The first kappa shape index (κ1) is 15.4. The zero-order valence-electron chi connectivity index (χ0n) is 12.3. The van der Waals surface area contributed by atoms with Gasteiger partial charge in [-0.25, -0.2) is 4.79 Å². The quantitative estimate of drug-likeness (QED) is 0.461. The van der Waals surface area contributed by atoms with E-state index in [4.69, 9.17) is 10.5 Å². The van der Waals surface area contributed by atoms with Gasteiger partial charge in [-0.2, -0.15) is 0 Å². The van der Waals surface area contributed by atoms with E-state index in [1.807, 2.05) is 13.0 Å². The summed E-state index contributed by atoms with van der Waals surface area (Å²) in [6.45, 7) is 3.23. The first-order valence-electron chi connectivity index (χ1n) is 6.66. The third-order valence-corrected chi connectivity index (χ3v) is 2.81. The Hall–Kier alpha value is -3.02. The molecule has 0 saturated carbocycles. The Bertz CT molecular complexity index is 714. The van der Waals surface area contributed by atoms with Crippen LogP contribution in [0.5, 0.6) is 5.75 Å². The number of hydrogen-bond acceptors (Lipinski definition) is 4. The van der Waals surface area contributed by atoms with Crippen molar-refractivity contribution in [3.63, 3.8) is 0 Å². The molecule has 6 nitrogen and oxygen atoms in total. The second-order valence-corrected chi connectivity index (χ2v) is 4.79. The summed E-state index contributed by atoms with van der Waals surface area (Å²) < 4.78 is 4.96. The van der Waals surface area contributed by atoms with Crippen molar-refractivity contribution >= 4 is 29.1 Å². The molecule has 2 aromatic carbocycles. The van der Waals surface area contributed by atoms with Gasteiger partial charge < -0.3 is 21.1 Å². The second-order valence-electron chi connectivity index (χ2n) is 4.79. The van der Waals surface area contributed by atoms with Crippen LogP contribution in [0.1, 0.15) is 12.5 Å². The Morgan fingerprint density at radius 1 is 1.09 bits per heavy atom. The molecule has 0 spiro atoms. The summed E-state index contributed by atoms with van der Waals surface area (Å²) in [6, 6.07) is 11.5. The number of ether oxygens (including phenoxy) is 1. The maximum absolute atomic E-state index is 12.0. The Kier molecular flexibility index (Phi) is 4.63. The number of nitrogens with one attached hydrogen (secondary N) is 2. The van der Waals surface area contributed by atoms with Crippen LogP contribution < -0.4 is 21.1 Å². The average Bonchev–Trinajstić information content (AvgIpc) is 2.41. The lowest BCUT2D eigenvalue weighted by molar-refractivity contribution is -0.131. The van der Waals surface area contributed by atoms with Gasteiger partial charge in [0.2, 0.25) is 0 Å². The number of nitrogens with two attached hydrogens (primary N) is 1. The standard InChI is InChI=1S/C16H17N3O3/c1-10-6-7-15(14(17)8-10)19-16(21)18-12-4-3-5-13(9-12)22-11(2)20/h3-9H,17H2,1-2H3,(H2,18,19,21). The molecule has 0 bridgehead atoms. The van der Waals surface area contributed by atoms with E-state index in [0.29, 0.717) is 22.8 Å². The minimum atomic E-state index is -0.435. The Morgan fingerprint density at radius 2 is 1.86 bits per heavy atom. The lowest BCUT2D eigenvalue weighted by Gasteiger charge is -2.11. The van der Waals surface area contributed by atoms with Gasteiger partial charge in [0.25, 0.3) is 0 Å². The molecular formula is C16H17N3O3. The number of aryl methyl sites for hydroxylation is 1. The number of amides is 2. The van der Waals surface area contributed by atoms with Gasteiger partial charge in [-0.1, -0.05) is 12.1 Å². The number of urea groups is 1. The molecule has 0 aromatic heterocycles. The van der Waals surface area contributed by atoms with Crippen LogP contribution >= 0.6 is 0 Å². The van der Waals surface area contributed by atoms with Crippen LogP contribution in [0.4, 0.5) is 21.9 Å². The van der Waals surface area contributed by atoms with Gasteiger partial charge in [-0.05, 0) is 36.8 Å². The second kappa shape index (κ2) is 6.62. The van der Waals surface area contributed by atoms with E-state index in [-0.39, 0.29) is 0 Å².